The van der Waals surface area contributed by atoms with E-state index in [1.54, 1.807) is 26.6 Å². The van der Waals surface area contributed by atoms with Crippen LogP contribution in [0.4, 0.5) is 5.69 Å². The van der Waals surface area contributed by atoms with Crippen LogP contribution in [0.25, 0.3) is 0 Å². The van der Waals surface area contributed by atoms with E-state index in [4.69, 9.17) is 21.1 Å². The molecule has 0 aliphatic carbocycles. The third-order valence-electron chi connectivity index (χ3n) is 2.49. The highest BCUT2D eigenvalue weighted by atomic mass is 35.5. The molecule has 0 saturated heterocycles. The molecule has 1 aromatic carbocycles. The summed E-state index contributed by atoms with van der Waals surface area (Å²) in [7, 11) is 3.15. The molecule has 2 rings (SSSR count). The van der Waals surface area contributed by atoms with Gasteiger partial charge in [-0.3, -0.25) is 5.10 Å². The fraction of sp³-hybridized carbons (Fsp3) is 0.250. The highest BCUT2D eigenvalue weighted by Gasteiger charge is 2.10. The summed E-state index contributed by atoms with van der Waals surface area (Å²) in [4.78, 5) is 0. The lowest BCUT2D eigenvalue weighted by Gasteiger charge is -2.12. The molecule has 0 aliphatic heterocycles. The van der Waals surface area contributed by atoms with Crippen LogP contribution in [0.15, 0.2) is 24.5 Å². The van der Waals surface area contributed by atoms with Gasteiger partial charge in [-0.15, -0.1) is 0 Å². The lowest BCUT2D eigenvalue weighted by Crippen LogP contribution is -2.00. The van der Waals surface area contributed by atoms with Crippen molar-refractivity contribution in [3.05, 3.63) is 35.1 Å². The van der Waals surface area contributed by atoms with Crippen LogP contribution in [0.2, 0.25) is 5.02 Å². The SMILES string of the molecule is COc1cc(CNc2cn[nH]c2)cc(Cl)c1OC. The van der Waals surface area contributed by atoms with E-state index in [0.29, 0.717) is 23.1 Å². The number of rotatable bonds is 5. The maximum absolute atomic E-state index is 6.12. The minimum absolute atomic E-state index is 0.529. The van der Waals surface area contributed by atoms with Crippen molar-refractivity contribution in [3.63, 3.8) is 0 Å². The zero-order valence-corrected chi connectivity index (χ0v) is 10.9. The van der Waals surface area contributed by atoms with Crippen LogP contribution in [-0.2, 0) is 6.54 Å². The summed E-state index contributed by atoms with van der Waals surface area (Å²) >= 11 is 6.12. The first-order valence-electron chi connectivity index (χ1n) is 5.37. The lowest BCUT2D eigenvalue weighted by atomic mass is 10.2. The van der Waals surface area contributed by atoms with Crippen molar-refractivity contribution in [2.75, 3.05) is 19.5 Å². The van der Waals surface area contributed by atoms with Crippen LogP contribution in [0, 0.1) is 0 Å². The molecule has 0 amide bonds. The quantitative estimate of drug-likeness (QED) is 0.874. The maximum atomic E-state index is 6.12. The summed E-state index contributed by atoms with van der Waals surface area (Å²) in [5, 5.41) is 10.3. The molecule has 1 aromatic heterocycles. The average Bonchev–Trinajstić information content (AvgIpc) is 2.88. The van der Waals surface area contributed by atoms with Crippen molar-refractivity contribution in [1.82, 2.24) is 10.2 Å². The third kappa shape index (κ3) is 2.68. The van der Waals surface area contributed by atoms with Crippen molar-refractivity contribution in [2.24, 2.45) is 0 Å². The normalized spacial score (nSPS) is 10.2. The fourth-order valence-corrected chi connectivity index (χ4v) is 1.94. The Labute approximate surface area is 110 Å². The molecule has 0 fully saturated rings. The minimum Gasteiger partial charge on any atom is -0.493 e. The topological polar surface area (TPSA) is 59.2 Å². The van der Waals surface area contributed by atoms with Crippen molar-refractivity contribution in [2.45, 2.75) is 6.54 Å². The molecule has 2 N–H and O–H groups in total. The molecule has 0 aliphatic rings. The maximum Gasteiger partial charge on any atom is 0.179 e. The second-order valence-electron chi connectivity index (χ2n) is 3.65. The number of aromatic nitrogens is 2. The number of methoxy groups -OCH3 is 2. The van der Waals surface area contributed by atoms with Gasteiger partial charge in [-0.1, -0.05) is 11.6 Å². The molecule has 0 radical (unpaired) electrons. The van der Waals surface area contributed by atoms with Crippen molar-refractivity contribution < 1.29 is 9.47 Å². The monoisotopic (exact) mass is 267 g/mol. The van der Waals surface area contributed by atoms with Crippen LogP contribution < -0.4 is 14.8 Å². The molecule has 96 valence electrons. The second-order valence-corrected chi connectivity index (χ2v) is 4.06. The molecule has 0 atom stereocenters. The van der Waals surface area contributed by atoms with Gasteiger partial charge >= 0.3 is 0 Å². The van der Waals surface area contributed by atoms with Gasteiger partial charge in [-0.2, -0.15) is 5.10 Å². The Morgan fingerprint density at radius 1 is 1.33 bits per heavy atom. The highest BCUT2D eigenvalue weighted by molar-refractivity contribution is 6.32. The molecule has 6 heteroatoms. The highest BCUT2D eigenvalue weighted by Crippen LogP contribution is 2.36. The van der Waals surface area contributed by atoms with Crippen molar-refractivity contribution in [3.8, 4) is 11.5 Å². The number of halogens is 1. The number of benzene rings is 1. The molecular weight excluding hydrogens is 254 g/mol. The van der Waals surface area contributed by atoms with Crippen LogP contribution in [0.3, 0.4) is 0 Å². The van der Waals surface area contributed by atoms with Gasteiger partial charge in [0.1, 0.15) is 0 Å². The number of nitrogens with zero attached hydrogens (tertiary/aromatic N) is 1. The van der Waals surface area contributed by atoms with E-state index >= 15 is 0 Å². The van der Waals surface area contributed by atoms with E-state index in [-0.39, 0.29) is 0 Å². The summed E-state index contributed by atoms with van der Waals surface area (Å²) in [5.41, 5.74) is 1.92. The van der Waals surface area contributed by atoms with Crippen molar-refractivity contribution in [1.29, 1.82) is 0 Å². The Hall–Kier alpha value is -1.88. The van der Waals surface area contributed by atoms with Gasteiger partial charge in [0.2, 0.25) is 0 Å². The fourth-order valence-electron chi connectivity index (χ4n) is 1.63. The van der Waals surface area contributed by atoms with Gasteiger partial charge < -0.3 is 14.8 Å². The molecule has 18 heavy (non-hydrogen) atoms. The van der Waals surface area contributed by atoms with Gasteiger partial charge in [0.05, 0.1) is 31.1 Å². The number of nitrogens with one attached hydrogen (secondary N) is 2. The third-order valence-corrected chi connectivity index (χ3v) is 2.77. The molecule has 0 saturated carbocycles. The number of H-pyrrole nitrogens is 1. The zero-order chi connectivity index (χ0) is 13.0. The smallest absolute Gasteiger partial charge is 0.179 e. The number of hydrogen-bond donors (Lipinski definition) is 2. The number of hydrogen-bond acceptors (Lipinski definition) is 4. The molecule has 5 nitrogen and oxygen atoms in total. The number of aromatic amines is 1. The Balaban J connectivity index is 2.16. The molecule has 0 spiro atoms. The first-order valence-corrected chi connectivity index (χ1v) is 5.75. The van der Waals surface area contributed by atoms with Gasteiger partial charge in [0.15, 0.2) is 11.5 Å². The van der Waals surface area contributed by atoms with Gasteiger partial charge in [-0.05, 0) is 17.7 Å². The van der Waals surface area contributed by atoms with E-state index in [0.717, 1.165) is 11.3 Å². The average molecular weight is 268 g/mol. The van der Waals surface area contributed by atoms with Crippen LogP contribution in [0.5, 0.6) is 11.5 Å². The Bertz CT molecular complexity index is 514. The van der Waals surface area contributed by atoms with Crippen LogP contribution >= 0.6 is 11.6 Å². The molecule has 0 unspecified atom stereocenters. The van der Waals surface area contributed by atoms with E-state index in [2.05, 4.69) is 15.5 Å². The summed E-state index contributed by atoms with van der Waals surface area (Å²) in [6.45, 7) is 0.625. The Morgan fingerprint density at radius 2 is 2.17 bits per heavy atom. The first kappa shape index (κ1) is 12.6. The first-order chi connectivity index (χ1) is 8.74. The van der Waals surface area contributed by atoms with Gasteiger partial charge in [-0.25, -0.2) is 0 Å². The predicted molar refractivity (Wildman–Crippen MR) is 70.5 cm³/mol. The van der Waals surface area contributed by atoms with E-state index < -0.39 is 0 Å². The molecule has 0 bridgehead atoms. The lowest BCUT2D eigenvalue weighted by molar-refractivity contribution is 0.355. The second kappa shape index (κ2) is 5.64. The minimum atomic E-state index is 0.529. The molecule has 1 heterocycles. The summed E-state index contributed by atoms with van der Waals surface area (Å²) < 4.78 is 10.4. The standard InChI is InChI=1S/C12H14ClN3O2/c1-17-11-4-8(3-10(13)12(11)18-2)5-14-9-6-15-16-7-9/h3-4,6-7,14H,5H2,1-2H3,(H,15,16). The number of anilines is 1. The largest absolute Gasteiger partial charge is 0.493 e. The van der Waals surface area contributed by atoms with Crippen LogP contribution in [-0.4, -0.2) is 24.4 Å². The summed E-state index contributed by atoms with van der Waals surface area (Å²) in [6, 6.07) is 3.73. The van der Waals surface area contributed by atoms with Crippen LogP contribution in [0.1, 0.15) is 5.56 Å². The number of ether oxygens (including phenoxy) is 2. The van der Waals surface area contributed by atoms with E-state index in [1.165, 1.54) is 0 Å². The molecule has 2 aromatic rings. The summed E-state index contributed by atoms with van der Waals surface area (Å²) in [5.74, 6) is 1.17. The Morgan fingerprint density at radius 3 is 2.78 bits per heavy atom. The van der Waals surface area contributed by atoms with Gasteiger partial charge in [0, 0.05) is 12.7 Å². The summed E-state index contributed by atoms with van der Waals surface area (Å²) in [6.07, 6.45) is 3.49. The van der Waals surface area contributed by atoms with E-state index in [1.807, 2.05) is 12.1 Å². The van der Waals surface area contributed by atoms with E-state index in [9.17, 15) is 0 Å². The zero-order valence-electron chi connectivity index (χ0n) is 10.2. The predicted octanol–water partition coefficient (Wildman–Crippen LogP) is 2.69. The van der Waals surface area contributed by atoms with Gasteiger partial charge in [0.25, 0.3) is 0 Å². The van der Waals surface area contributed by atoms with Crippen molar-refractivity contribution >= 4 is 17.3 Å². The Kier molecular flexibility index (Phi) is 3.94. The molecular formula is C12H14ClN3O2.